The summed E-state index contributed by atoms with van der Waals surface area (Å²) in [5, 5.41) is 11.3. The average molecular weight is 626 g/mol. The Morgan fingerprint density at radius 2 is 1.75 bits per heavy atom. The standard InChI is InChI=1S/C34H63N3O7/c1-12-37-20-22(2)19-34(7,41-11)30(44-31-28(38)27(35(8)9)18-23(3)43-31)24(4)29(39)33(5,6)32(40)42-21-26(37)14-13-17-36(10)25-15-16-25/h22-28,30-31,38H,12-21H2,1-11H3/t22-,23-,24+,26+,27+,28-,30-,31+,34-/m1/s1. The molecule has 1 N–H and O–H groups in total. The van der Waals surface area contributed by atoms with E-state index in [2.05, 4.69) is 30.7 Å². The molecule has 1 saturated carbocycles. The topological polar surface area (TPSA) is 101 Å². The van der Waals surface area contributed by atoms with Crippen LogP contribution in [0.15, 0.2) is 0 Å². The second-order valence-corrected chi connectivity index (χ2v) is 14.9. The monoisotopic (exact) mass is 625 g/mol. The van der Waals surface area contributed by atoms with Crippen LogP contribution in [0.1, 0.15) is 87.0 Å². The van der Waals surface area contributed by atoms with Gasteiger partial charge in [0.1, 0.15) is 18.1 Å². The van der Waals surface area contributed by atoms with Crippen LogP contribution in [0.5, 0.6) is 0 Å². The summed E-state index contributed by atoms with van der Waals surface area (Å²) in [5.74, 6) is -1.36. The summed E-state index contributed by atoms with van der Waals surface area (Å²) in [7, 11) is 7.71. The Kier molecular flexibility index (Phi) is 13.3. The molecule has 0 bridgehead atoms. The number of likely N-dealkylation sites (N-methyl/N-ethyl adjacent to an activating group) is 2. The third-order valence-electron chi connectivity index (χ3n) is 10.5. The first-order chi connectivity index (χ1) is 20.5. The Balaban J connectivity index is 1.93. The van der Waals surface area contributed by atoms with Crippen LogP contribution < -0.4 is 0 Å². The highest BCUT2D eigenvalue weighted by Gasteiger charge is 2.51. The van der Waals surface area contributed by atoms with Crippen LogP contribution in [0.4, 0.5) is 0 Å². The van der Waals surface area contributed by atoms with Crippen molar-refractivity contribution in [3.8, 4) is 0 Å². The summed E-state index contributed by atoms with van der Waals surface area (Å²) in [4.78, 5) is 34.6. The first-order valence-electron chi connectivity index (χ1n) is 16.9. The minimum atomic E-state index is -1.39. The van der Waals surface area contributed by atoms with Crippen LogP contribution in [0.2, 0.25) is 0 Å². The van der Waals surface area contributed by atoms with Crippen molar-refractivity contribution in [2.24, 2.45) is 17.3 Å². The maximum Gasteiger partial charge on any atom is 0.319 e. The van der Waals surface area contributed by atoms with E-state index in [0.29, 0.717) is 18.9 Å². The highest BCUT2D eigenvalue weighted by Crippen LogP contribution is 2.38. The predicted octanol–water partition coefficient (Wildman–Crippen LogP) is 3.58. The molecule has 9 atom stereocenters. The zero-order valence-electron chi connectivity index (χ0n) is 29.5. The van der Waals surface area contributed by atoms with Gasteiger partial charge in [0.2, 0.25) is 0 Å². The molecule has 0 amide bonds. The predicted molar refractivity (Wildman–Crippen MR) is 171 cm³/mol. The van der Waals surface area contributed by atoms with Gasteiger partial charge in [0.05, 0.1) is 17.8 Å². The molecule has 1 aliphatic carbocycles. The Morgan fingerprint density at radius 1 is 1.09 bits per heavy atom. The summed E-state index contributed by atoms with van der Waals surface area (Å²) in [6, 6.07) is 0.602. The number of hydrogen-bond acceptors (Lipinski definition) is 10. The van der Waals surface area contributed by atoms with Gasteiger partial charge in [-0.3, -0.25) is 14.5 Å². The number of Topliss-reactive ketones (excluding diaryl/α,β-unsaturated/α-hetero) is 1. The summed E-state index contributed by atoms with van der Waals surface area (Å²) in [6.45, 7) is 16.3. The summed E-state index contributed by atoms with van der Waals surface area (Å²) in [5.41, 5.74) is -2.30. The number of cyclic esters (lactones) is 1. The molecule has 3 fully saturated rings. The maximum atomic E-state index is 14.2. The minimum absolute atomic E-state index is 0.0548. The van der Waals surface area contributed by atoms with E-state index in [9.17, 15) is 14.7 Å². The Labute approximate surface area is 267 Å². The SMILES string of the molecule is CCN1C[C@H](C)C[C@@](C)(OC)[C@H](O[C@@H]2O[C@H](C)C[C@H](N(C)C)[C@H]2O)[C@@H](C)C(=O)C(C)(C)C(=O)OC[C@@H]1CCCN(C)C1CC1. The van der Waals surface area contributed by atoms with Gasteiger partial charge in [0.25, 0.3) is 0 Å². The Hall–Kier alpha value is -1.14. The van der Waals surface area contributed by atoms with E-state index in [1.165, 1.54) is 12.8 Å². The van der Waals surface area contributed by atoms with Crippen molar-refractivity contribution >= 4 is 11.8 Å². The van der Waals surface area contributed by atoms with Crippen molar-refractivity contribution in [1.29, 1.82) is 0 Å². The molecule has 0 unspecified atom stereocenters. The molecule has 0 spiro atoms. The fourth-order valence-electron chi connectivity index (χ4n) is 7.40. The van der Waals surface area contributed by atoms with Gasteiger partial charge >= 0.3 is 5.97 Å². The van der Waals surface area contributed by atoms with E-state index in [-0.39, 0.29) is 36.5 Å². The quantitative estimate of drug-likeness (QED) is 0.286. The number of methoxy groups -OCH3 is 1. The van der Waals surface area contributed by atoms with Gasteiger partial charge < -0.3 is 33.9 Å². The van der Waals surface area contributed by atoms with Crippen LogP contribution in [-0.2, 0) is 28.5 Å². The molecule has 0 aromatic heterocycles. The Morgan fingerprint density at radius 3 is 2.32 bits per heavy atom. The lowest BCUT2D eigenvalue weighted by Crippen LogP contribution is -2.59. The zero-order valence-corrected chi connectivity index (χ0v) is 29.5. The van der Waals surface area contributed by atoms with E-state index in [1.807, 2.05) is 32.8 Å². The van der Waals surface area contributed by atoms with Crippen molar-refractivity contribution < 1.29 is 33.6 Å². The molecule has 0 aromatic rings. The van der Waals surface area contributed by atoms with Gasteiger partial charge in [-0.25, -0.2) is 0 Å². The van der Waals surface area contributed by atoms with Gasteiger partial charge in [-0.2, -0.15) is 0 Å². The number of aliphatic hydroxyl groups excluding tert-OH is 1. The minimum Gasteiger partial charge on any atom is -0.463 e. The number of carbonyl (C=O) groups is 2. The molecule has 2 saturated heterocycles. The fraction of sp³-hybridized carbons (Fsp3) is 0.941. The first-order valence-corrected chi connectivity index (χ1v) is 16.9. The highest BCUT2D eigenvalue weighted by atomic mass is 16.7. The Bertz CT molecular complexity index is 944. The molecule has 2 heterocycles. The van der Waals surface area contributed by atoms with Crippen LogP contribution in [0.25, 0.3) is 0 Å². The number of esters is 1. The zero-order chi connectivity index (χ0) is 33.0. The maximum absolute atomic E-state index is 14.2. The second-order valence-electron chi connectivity index (χ2n) is 14.9. The third kappa shape index (κ3) is 9.02. The fourth-order valence-corrected chi connectivity index (χ4v) is 7.40. The number of nitrogens with zero attached hydrogens (tertiary/aromatic N) is 3. The lowest BCUT2D eigenvalue weighted by atomic mass is 9.74. The van der Waals surface area contributed by atoms with Gasteiger partial charge in [-0.15, -0.1) is 0 Å². The van der Waals surface area contributed by atoms with E-state index in [1.54, 1.807) is 27.9 Å². The lowest BCUT2D eigenvalue weighted by molar-refractivity contribution is -0.295. The summed E-state index contributed by atoms with van der Waals surface area (Å²) < 4.78 is 25.0. The molecular formula is C34H63N3O7. The first kappa shape index (κ1) is 37.3. The van der Waals surface area contributed by atoms with E-state index in [4.69, 9.17) is 18.9 Å². The van der Waals surface area contributed by atoms with Crippen LogP contribution in [0, 0.1) is 17.3 Å². The number of rotatable bonds is 10. The molecule has 10 heteroatoms. The number of ether oxygens (including phenoxy) is 4. The number of hydrogen-bond donors (Lipinski definition) is 1. The number of ketones is 1. The molecule has 3 aliphatic rings. The van der Waals surface area contributed by atoms with E-state index < -0.39 is 41.4 Å². The third-order valence-corrected chi connectivity index (χ3v) is 10.5. The van der Waals surface area contributed by atoms with Gasteiger partial charge in [-0.1, -0.05) is 20.8 Å². The van der Waals surface area contributed by atoms with E-state index >= 15 is 0 Å². The van der Waals surface area contributed by atoms with Crippen molar-refractivity contribution in [2.75, 3.05) is 54.5 Å². The molecule has 0 radical (unpaired) electrons. The number of aliphatic hydroxyl groups is 1. The smallest absolute Gasteiger partial charge is 0.319 e. The molecule has 256 valence electrons. The van der Waals surface area contributed by atoms with Crippen LogP contribution in [0.3, 0.4) is 0 Å². The largest absolute Gasteiger partial charge is 0.463 e. The molecule has 2 aliphatic heterocycles. The summed E-state index contributed by atoms with van der Waals surface area (Å²) >= 11 is 0. The second kappa shape index (κ2) is 15.6. The van der Waals surface area contributed by atoms with Crippen molar-refractivity contribution in [1.82, 2.24) is 14.7 Å². The summed E-state index contributed by atoms with van der Waals surface area (Å²) in [6.07, 6.45) is 2.96. The van der Waals surface area contributed by atoms with Crippen molar-refractivity contribution in [3.63, 3.8) is 0 Å². The van der Waals surface area contributed by atoms with Gasteiger partial charge in [-0.05, 0) is 106 Å². The van der Waals surface area contributed by atoms with Gasteiger partial charge in [0, 0.05) is 37.7 Å². The van der Waals surface area contributed by atoms with Crippen LogP contribution in [-0.4, -0.2) is 134 Å². The average Bonchev–Trinajstić information content (AvgIpc) is 3.82. The highest BCUT2D eigenvalue weighted by molar-refractivity contribution is 6.04. The van der Waals surface area contributed by atoms with Gasteiger partial charge in [0.15, 0.2) is 12.1 Å². The van der Waals surface area contributed by atoms with Crippen molar-refractivity contribution in [2.45, 2.75) is 135 Å². The van der Waals surface area contributed by atoms with E-state index in [0.717, 1.165) is 32.5 Å². The molecular weight excluding hydrogens is 562 g/mol. The van der Waals surface area contributed by atoms with Crippen LogP contribution >= 0.6 is 0 Å². The lowest BCUT2D eigenvalue weighted by Gasteiger charge is -2.47. The molecule has 3 rings (SSSR count). The van der Waals surface area contributed by atoms with Crippen molar-refractivity contribution in [3.05, 3.63) is 0 Å². The number of carbonyl (C=O) groups excluding carboxylic acids is 2. The molecule has 44 heavy (non-hydrogen) atoms. The molecule has 10 nitrogen and oxygen atoms in total. The molecule has 0 aromatic carbocycles. The normalized spacial score (nSPS) is 38.2.